The van der Waals surface area contributed by atoms with Crippen molar-refractivity contribution >= 4 is 15.9 Å². The molecule has 2 rings (SSSR count). The minimum Gasteiger partial charge on any atom is -0.352 e. The maximum Gasteiger partial charge on any atom is 0.254 e. The lowest BCUT2D eigenvalue weighted by Gasteiger charge is -2.30. The predicted octanol–water partition coefficient (Wildman–Crippen LogP) is 1.00. The average Bonchev–Trinajstić information content (AvgIpc) is 2.85. The highest BCUT2D eigenvalue weighted by Gasteiger charge is 2.26. The number of rotatable bonds is 6. The summed E-state index contributed by atoms with van der Waals surface area (Å²) in [5.74, 6) is 0.0229. The fourth-order valence-corrected chi connectivity index (χ4v) is 3.85. The quantitative estimate of drug-likeness (QED) is 0.836. The SMILES string of the molecule is CCCn1cc(C(=O)NC[C@H]2CCCN(S(C)(=O)=O)C2)c(C)n1. The molecule has 0 unspecified atom stereocenters. The number of piperidine rings is 1. The molecule has 0 aromatic carbocycles. The average molecular weight is 342 g/mol. The first-order chi connectivity index (χ1) is 10.8. The van der Waals surface area contributed by atoms with Crippen molar-refractivity contribution in [1.29, 1.82) is 0 Å². The fraction of sp³-hybridized carbons (Fsp3) is 0.733. The summed E-state index contributed by atoms with van der Waals surface area (Å²) in [5.41, 5.74) is 1.31. The van der Waals surface area contributed by atoms with Crippen LogP contribution >= 0.6 is 0 Å². The number of nitrogens with zero attached hydrogens (tertiary/aromatic N) is 3. The van der Waals surface area contributed by atoms with E-state index in [4.69, 9.17) is 0 Å². The summed E-state index contributed by atoms with van der Waals surface area (Å²) >= 11 is 0. The molecule has 1 fully saturated rings. The summed E-state index contributed by atoms with van der Waals surface area (Å²) in [6, 6.07) is 0. The lowest BCUT2D eigenvalue weighted by molar-refractivity contribution is 0.0941. The molecular formula is C15H26N4O3S. The van der Waals surface area contributed by atoms with E-state index in [-0.39, 0.29) is 11.8 Å². The second-order valence-corrected chi connectivity index (χ2v) is 8.21. The molecule has 1 aliphatic rings. The van der Waals surface area contributed by atoms with Crippen molar-refractivity contribution in [2.75, 3.05) is 25.9 Å². The van der Waals surface area contributed by atoms with Crippen LogP contribution in [0, 0.1) is 12.8 Å². The van der Waals surface area contributed by atoms with Gasteiger partial charge in [0.1, 0.15) is 0 Å². The minimum atomic E-state index is -3.15. The zero-order valence-electron chi connectivity index (χ0n) is 14.1. The van der Waals surface area contributed by atoms with Gasteiger partial charge in [0.25, 0.3) is 5.91 Å². The molecule has 1 N–H and O–H groups in total. The largest absolute Gasteiger partial charge is 0.352 e. The van der Waals surface area contributed by atoms with Crippen molar-refractivity contribution in [3.63, 3.8) is 0 Å². The summed E-state index contributed by atoms with van der Waals surface area (Å²) in [4.78, 5) is 12.3. The van der Waals surface area contributed by atoms with E-state index in [1.165, 1.54) is 10.6 Å². The molecular weight excluding hydrogens is 316 g/mol. The second kappa shape index (κ2) is 7.44. The smallest absolute Gasteiger partial charge is 0.254 e. The Balaban J connectivity index is 1.91. The van der Waals surface area contributed by atoms with Gasteiger partial charge in [-0.05, 0) is 32.1 Å². The van der Waals surface area contributed by atoms with Gasteiger partial charge < -0.3 is 5.32 Å². The van der Waals surface area contributed by atoms with Gasteiger partial charge in [0.2, 0.25) is 10.0 Å². The zero-order chi connectivity index (χ0) is 17.0. The van der Waals surface area contributed by atoms with Gasteiger partial charge in [0.15, 0.2) is 0 Å². The Kier molecular flexibility index (Phi) is 5.80. The molecule has 1 aliphatic heterocycles. The molecule has 2 heterocycles. The van der Waals surface area contributed by atoms with E-state index in [0.29, 0.717) is 25.2 Å². The van der Waals surface area contributed by atoms with Crippen LogP contribution in [-0.2, 0) is 16.6 Å². The van der Waals surface area contributed by atoms with Crippen LogP contribution < -0.4 is 5.32 Å². The van der Waals surface area contributed by atoms with Crippen molar-refractivity contribution < 1.29 is 13.2 Å². The summed E-state index contributed by atoms with van der Waals surface area (Å²) in [5, 5.41) is 7.25. The molecule has 0 saturated carbocycles. The zero-order valence-corrected chi connectivity index (χ0v) is 14.9. The Morgan fingerprint density at radius 1 is 1.48 bits per heavy atom. The monoisotopic (exact) mass is 342 g/mol. The van der Waals surface area contributed by atoms with Crippen LogP contribution in [0.1, 0.15) is 42.2 Å². The predicted molar refractivity (Wildman–Crippen MR) is 88.7 cm³/mol. The number of carbonyl (C=O) groups excluding carboxylic acids is 1. The van der Waals surface area contributed by atoms with E-state index in [1.807, 2.05) is 6.92 Å². The summed E-state index contributed by atoms with van der Waals surface area (Å²) in [6.45, 7) is 6.23. The number of amides is 1. The number of hydrogen-bond acceptors (Lipinski definition) is 4. The van der Waals surface area contributed by atoms with Gasteiger partial charge in [-0.15, -0.1) is 0 Å². The van der Waals surface area contributed by atoms with Crippen LogP contribution in [0.3, 0.4) is 0 Å². The number of aromatic nitrogens is 2. The molecule has 1 aromatic rings. The molecule has 1 aromatic heterocycles. The van der Waals surface area contributed by atoms with Crippen molar-refractivity contribution in [1.82, 2.24) is 19.4 Å². The maximum absolute atomic E-state index is 12.3. The van der Waals surface area contributed by atoms with Crippen LogP contribution in [0.15, 0.2) is 6.20 Å². The van der Waals surface area contributed by atoms with Crippen molar-refractivity contribution in [2.45, 2.75) is 39.7 Å². The number of nitrogens with one attached hydrogen (secondary N) is 1. The number of hydrogen-bond donors (Lipinski definition) is 1. The number of aryl methyl sites for hydroxylation is 2. The van der Waals surface area contributed by atoms with Crippen molar-refractivity contribution in [3.05, 3.63) is 17.5 Å². The van der Waals surface area contributed by atoms with Crippen LogP contribution in [0.2, 0.25) is 0 Å². The lowest BCUT2D eigenvalue weighted by atomic mass is 9.99. The summed E-state index contributed by atoms with van der Waals surface area (Å²) in [6.07, 6.45) is 5.74. The fourth-order valence-electron chi connectivity index (χ4n) is 2.91. The van der Waals surface area contributed by atoms with Crippen molar-refractivity contribution in [3.8, 4) is 0 Å². The second-order valence-electron chi connectivity index (χ2n) is 6.23. The van der Waals surface area contributed by atoms with Crippen molar-refractivity contribution in [2.24, 2.45) is 5.92 Å². The molecule has 0 bridgehead atoms. The minimum absolute atomic E-state index is 0.138. The third kappa shape index (κ3) is 4.78. The molecule has 0 aliphatic carbocycles. The number of carbonyl (C=O) groups is 1. The highest BCUT2D eigenvalue weighted by atomic mass is 32.2. The number of sulfonamides is 1. The third-order valence-electron chi connectivity index (χ3n) is 4.15. The van der Waals surface area contributed by atoms with E-state index >= 15 is 0 Å². The first kappa shape index (κ1) is 17.9. The van der Waals surface area contributed by atoms with Gasteiger partial charge in [0, 0.05) is 32.4 Å². The van der Waals surface area contributed by atoms with Gasteiger partial charge in [-0.2, -0.15) is 5.10 Å². The Morgan fingerprint density at radius 3 is 2.87 bits per heavy atom. The molecule has 1 atom stereocenters. The van der Waals surface area contributed by atoms with E-state index < -0.39 is 10.0 Å². The van der Waals surface area contributed by atoms with Crippen LogP contribution in [-0.4, -0.2) is 54.3 Å². The lowest BCUT2D eigenvalue weighted by Crippen LogP contribution is -2.43. The Hall–Kier alpha value is -1.41. The topological polar surface area (TPSA) is 84.3 Å². The van der Waals surface area contributed by atoms with Gasteiger partial charge >= 0.3 is 0 Å². The van der Waals surface area contributed by atoms with E-state index in [9.17, 15) is 13.2 Å². The van der Waals surface area contributed by atoms with Crippen LogP contribution in [0.4, 0.5) is 0 Å². The summed E-state index contributed by atoms with van der Waals surface area (Å²) in [7, 11) is -3.15. The Bertz CT molecular complexity index is 654. The van der Waals surface area contributed by atoms with E-state index in [2.05, 4.69) is 17.3 Å². The van der Waals surface area contributed by atoms with E-state index in [1.54, 1.807) is 10.9 Å². The Morgan fingerprint density at radius 2 is 2.22 bits per heavy atom. The first-order valence-electron chi connectivity index (χ1n) is 8.08. The molecule has 8 heteroatoms. The molecule has 0 spiro atoms. The van der Waals surface area contributed by atoms with Crippen LogP contribution in [0.5, 0.6) is 0 Å². The van der Waals surface area contributed by atoms with E-state index in [0.717, 1.165) is 31.5 Å². The van der Waals surface area contributed by atoms with Gasteiger partial charge in [-0.25, -0.2) is 12.7 Å². The normalized spacial score (nSPS) is 19.7. The standard InChI is InChI=1S/C15H26N4O3S/c1-4-7-18-11-14(12(2)17-18)15(20)16-9-13-6-5-8-19(10-13)23(3,21)22/h11,13H,4-10H2,1-3H3,(H,16,20)/t13-/m1/s1. The highest BCUT2D eigenvalue weighted by Crippen LogP contribution is 2.18. The molecule has 130 valence electrons. The van der Waals surface area contributed by atoms with Gasteiger partial charge in [-0.3, -0.25) is 9.48 Å². The first-order valence-corrected chi connectivity index (χ1v) is 9.93. The van der Waals surface area contributed by atoms with Crippen LogP contribution in [0.25, 0.3) is 0 Å². The molecule has 1 saturated heterocycles. The molecule has 0 radical (unpaired) electrons. The summed E-state index contributed by atoms with van der Waals surface area (Å²) < 4.78 is 26.5. The molecule has 23 heavy (non-hydrogen) atoms. The molecule has 1 amide bonds. The van der Waals surface area contributed by atoms with Gasteiger partial charge in [-0.1, -0.05) is 6.92 Å². The third-order valence-corrected chi connectivity index (χ3v) is 5.42. The Labute approximate surface area is 138 Å². The molecule has 7 nitrogen and oxygen atoms in total. The highest BCUT2D eigenvalue weighted by molar-refractivity contribution is 7.88. The maximum atomic E-state index is 12.3. The van der Waals surface area contributed by atoms with Gasteiger partial charge in [0.05, 0.1) is 17.5 Å².